The Kier molecular flexibility index (Phi) is 6.40. The number of nitrogens with two attached hydrogens (primary N) is 1. The fourth-order valence-corrected chi connectivity index (χ4v) is 3.42. The molecule has 4 N–H and O–H groups in total. The van der Waals surface area contributed by atoms with E-state index >= 15 is 0 Å². The smallest absolute Gasteiger partial charge is 0.353 e. The molecule has 1 saturated heterocycles. The summed E-state index contributed by atoms with van der Waals surface area (Å²) in [6.07, 6.45) is 5.43. The van der Waals surface area contributed by atoms with Crippen molar-refractivity contribution in [1.82, 2.24) is 14.9 Å². The van der Waals surface area contributed by atoms with Crippen LogP contribution >= 0.6 is 0 Å². The Bertz CT molecular complexity index is 616. The maximum Gasteiger partial charge on any atom is 0.353 e. The molecule has 0 aromatic carbocycles. The lowest BCUT2D eigenvalue weighted by Crippen LogP contribution is -2.39. The molecule has 2 heterocycles. The van der Waals surface area contributed by atoms with E-state index in [-0.39, 0.29) is 23.4 Å². The van der Waals surface area contributed by atoms with Crippen molar-refractivity contribution < 1.29 is 9.66 Å². The Hall–Kier alpha value is -2.20. The first-order valence-electron chi connectivity index (χ1n) is 9.26. The number of aromatic nitrogens is 2. The van der Waals surface area contributed by atoms with E-state index in [1.165, 1.54) is 6.42 Å². The Morgan fingerprint density at radius 2 is 1.96 bits per heavy atom. The average Bonchev–Trinajstić information content (AvgIpc) is 2.63. The first kappa shape index (κ1) is 18.6. The highest BCUT2D eigenvalue weighted by Crippen LogP contribution is 2.31. The Morgan fingerprint density at radius 1 is 1.23 bits per heavy atom. The van der Waals surface area contributed by atoms with Gasteiger partial charge in [0.05, 0.1) is 18.1 Å². The molecular formula is C16H27N7O3. The molecule has 0 atom stereocenters. The van der Waals surface area contributed by atoms with Crippen LogP contribution in [0.3, 0.4) is 0 Å². The van der Waals surface area contributed by atoms with Crippen molar-refractivity contribution in [3.05, 3.63) is 10.1 Å². The molecule has 0 spiro atoms. The highest BCUT2D eigenvalue weighted by atomic mass is 16.6. The molecule has 144 valence electrons. The van der Waals surface area contributed by atoms with Gasteiger partial charge in [0.15, 0.2) is 0 Å². The van der Waals surface area contributed by atoms with Crippen LogP contribution in [0.2, 0.25) is 0 Å². The van der Waals surface area contributed by atoms with Gasteiger partial charge in [-0.1, -0.05) is 19.3 Å². The van der Waals surface area contributed by atoms with E-state index in [0.29, 0.717) is 12.5 Å². The van der Waals surface area contributed by atoms with Gasteiger partial charge in [-0.25, -0.2) is 0 Å². The molecule has 0 amide bonds. The molecule has 2 aliphatic rings. The maximum atomic E-state index is 11.4. The Balaban J connectivity index is 1.66. The molecule has 1 aromatic rings. The van der Waals surface area contributed by atoms with Gasteiger partial charge in [0, 0.05) is 32.2 Å². The molecule has 3 rings (SSSR count). The number of nitrogens with one attached hydrogen (secondary N) is 2. The van der Waals surface area contributed by atoms with Crippen LogP contribution in [-0.2, 0) is 4.74 Å². The Labute approximate surface area is 152 Å². The average molecular weight is 365 g/mol. The van der Waals surface area contributed by atoms with Crippen molar-refractivity contribution in [3.8, 4) is 0 Å². The Morgan fingerprint density at radius 3 is 2.65 bits per heavy atom. The standard InChI is InChI=1S/C16H27N7O3/c17-14-13(23(24)25)15(19-12-4-2-1-3-5-12)21-16(20-14)18-6-7-22-8-10-26-11-9-22/h12H,1-11H2,(H4,17,18,19,20,21). The van der Waals surface area contributed by atoms with Crippen molar-refractivity contribution in [3.63, 3.8) is 0 Å². The summed E-state index contributed by atoms with van der Waals surface area (Å²) in [5.41, 5.74) is 5.60. The summed E-state index contributed by atoms with van der Waals surface area (Å²) >= 11 is 0. The topological polar surface area (TPSA) is 131 Å². The maximum absolute atomic E-state index is 11.4. The first-order chi connectivity index (χ1) is 12.6. The van der Waals surface area contributed by atoms with Crippen molar-refractivity contribution in [2.24, 2.45) is 0 Å². The number of nitrogen functional groups attached to an aromatic ring is 1. The van der Waals surface area contributed by atoms with Crippen LogP contribution in [0.15, 0.2) is 0 Å². The van der Waals surface area contributed by atoms with Crippen LogP contribution in [-0.4, -0.2) is 65.2 Å². The predicted octanol–water partition coefficient (Wildman–Crippen LogP) is 1.46. The van der Waals surface area contributed by atoms with Gasteiger partial charge in [-0.15, -0.1) is 0 Å². The predicted molar refractivity (Wildman–Crippen MR) is 99.3 cm³/mol. The largest absolute Gasteiger partial charge is 0.379 e. The normalized spacial score (nSPS) is 19.2. The minimum Gasteiger partial charge on any atom is -0.379 e. The molecular weight excluding hydrogens is 338 g/mol. The highest BCUT2D eigenvalue weighted by molar-refractivity contribution is 5.70. The van der Waals surface area contributed by atoms with E-state index in [0.717, 1.165) is 58.5 Å². The quantitative estimate of drug-likeness (QED) is 0.485. The number of nitro groups is 1. The van der Waals surface area contributed by atoms with Crippen LogP contribution in [0.5, 0.6) is 0 Å². The number of hydrogen-bond donors (Lipinski definition) is 3. The van der Waals surface area contributed by atoms with Gasteiger partial charge in [0.25, 0.3) is 0 Å². The molecule has 1 aliphatic carbocycles. The SMILES string of the molecule is Nc1nc(NCCN2CCOCC2)nc(NC2CCCCC2)c1[N+](=O)[O-]. The van der Waals surface area contributed by atoms with Crippen molar-refractivity contribution >= 4 is 23.3 Å². The molecule has 10 nitrogen and oxygen atoms in total. The molecule has 10 heteroatoms. The highest BCUT2D eigenvalue weighted by Gasteiger charge is 2.25. The molecule has 1 saturated carbocycles. The summed E-state index contributed by atoms with van der Waals surface area (Å²) in [6.45, 7) is 4.76. The second-order valence-electron chi connectivity index (χ2n) is 6.75. The number of rotatable bonds is 7. The number of hydrogen-bond acceptors (Lipinski definition) is 9. The van der Waals surface area contributed by atoms with Gasteiger partial charge >= 0.3 is 5.69 Å². The lowest BCUT2D eigenvalue weighted by atomic mass is 9.95. The van der Waals surface area contributed by atoms with Crippen LogP contribution in [0, 0.1) is 10.1 Å². The first-order valence-corrected chi connectivity index (χ1v) is 9.26. The summed E-state index contributed by atoms with van der Waals surface area (Å²) in [7, 11) is 0. The molecule has 0 unspecified atom stereocenters. The fourth-order valence-electron chi connectivity index (χ4n) is 3.42. The molecule has 1 aliphatic heterocycles. The summed E-state index contributed by atoms with van der Waals surface area (Å²) in [4.78, 5) is 21.5. The molecule has 0 radical (unpaired) electrons. The third-order valence-electron chi connectivity index (χ3n) is 4.85. The minimum absolute atomic E-state index is 0.114. The van der Waals surface area contributed by atoms with Crippen molar-refractivity contribution in [1.29, 1.82) is 0 Å². The summed E-state index contributed by atoms with van der Waals surface area (Å²) < 4.78 is 5.33. The lowest BCUT2D eigenvalue weighted by Gasteiger charge is -2.26. The van der Waals surface area contributed by atoms with Crippen molar-refractivity contribution in [2.45, 2.75) is 38.1 Å². The zero-order chi connectivity index (χ0) is 18.4. The van der Waals surface area contributed by atoms with Gasteiger partial charge in [-0.2, -0.15) is 9.97 Å². The van der Waals surface area contributed by atoms with Crippen LogP contribution < -0.4 is 16.4 Å². The lowest BCUT2D eigenvalue weighted by molar-refractivity contribution is -0.383. The van der Waals surface area contributed by atoms with E-state index in [1.807, 2.05) is 0 Å². The number of ether oxygens (including phenoxy) is 1. The van der Waals surface area contributed by atoms with Crippen LogP contribution in [0.25, 0.3) is 0 Å². The van der Waals surface area contributed by atoms with Gasteiger partial charge < -0.3 is 21.1 Å². The summed E-state index contributed by atoms with van der Waals surface area (Å²) in [5.74, 6) is 0.417. The van der Waals surface area contributed by atoms with Crippen LogP contribution in [0.4, 0.5) is 23.3 Å². The molecule has 1 aromatic heterocycles. The molecule has 0 bridgehead atoms. The number of anilines is 3. The second kappa shape index (κ2) is 8.95. The fraction of sp³-hybridized carbons (Fsp3) is 0.750. The van der Waals surface area contributed by atoms with E-state index in [9.17, 15) is 10.1 Å². The van der Waals surface area contributed by atoms with E-state index in [1.54, 1.807) is 0 Å². The summed E-state index contributed by atoms with van der Waals surface area (Å²) in [5, 5.41) is 17.7. The van der Waals surface area contributed by atoms with E-state index < -0.39 is 4.92 Å². The minimum atomic E-state index is -0.516. The summed E-state index contributed by atoms with van der Waals surface area (Å²) in [6, 6.07) is 0.193. The van der Waals surface area contributed by atoms with Gasteiger partial charge in [-0.3, -0.25) is 15.0 Å². The number of morpholine rings is 1. The van der Waals surface area contributed by atoms with Gasteiger partial charge in [-0.05, 0) is 12.8 Å². The van der Waals surface area contributed by atoms with E-state index in [2.05, 4.69) is 25.5 Å². The van der Waals surface area contributed by atoms with Crippen LogP contribution in [0.1, 0.15) is 32.1 Å². The van der Waals surface area contributed by atoms with E-state index in [4.69, 9.17) is 10.5 Å². The molecule has 26 heavy (non-hydrogen) atoms. The zero-order valence-corrected chi connectivity index (χ0v) is 14.9. The van der Waals surface area contributed by atoms with Crippen molar-refractivity contribution in [2.75, 3.05) is 55.8 Å². The molecule has 2 fully saturated rings. The third kappa shape index (κ3) is 4.92. The zero-order valence-electron chi connectivity index (χ0n) is 14.9. The monoisotopic (exact) mass is 365 g/mol. The van der Waals surface area contributed by atoms with Gasteiger partial charge in [0.2, 0.25) is 17.6 Å². The number of nitrogens with zero attached hydrogens (tertiary/aromatic N) is 4. The second-order valence-corrected chi connectivity index (χ2v) is 6.75. The third-order valence-corrected chi connectivity index (χ3v) is 4.85. The van der Waals surface area contributed by atoms with Gasteiger partial charge in [0.1, 0.15) is 0 Å².